The first kappa shape index (κ1) is 9.63. The van der Waals surface area contributed by atoms with Crippen molar-refractivity contribution in [1.82, 2.24) is 0 Å². The number of hydrogen-bond acceptors (Lipinski definition) is 2. The smallest absolute Gasteiger partial charge is 0.125 e. The number of aldehydes is 1. The second-order valence-corrected chi connectivity index (χ2v) is 3.02. The van der Waals surface area contributed by atoms with Gasteiger partial charge < -0.3 is 10.5 Å². The Bertz CT molecular complexity index is 103. The van der Waals surface area contributed by atoms with Crippen LogP contribution in [0.2, 0.25) is 0 Å². The summed E-state index contributed by atoms with van der Waals surface area (Å²) in [6, 6.07) is 0. The van der Waals surface area contributed by atoms with E-state index in [4.69, 9.17) is 5.73 Å². The fourth-order valence-electron chi connectivity index (χ4n) is 0.825. The highest BCUT2D eigenvalue weighted by molar-refractivity contribution is 5.58. The van der Waals surface area contributed by atoms with Crippen molar-refractivity contribution in [1.29, 1.82) is 0 Å². The summed E-state index contributed by atoms with van der Waals surface area (Å²) >= 11 is 0. The van der Waals surface area contributed by atoms with Gasteiger partial charge in [-0.05, 0) is 25.8 Å². The van der Waals surface area contributed by atoms with Crippen molar-refractivity contribution >= 4 is 6.29 Å². The summed E-state index contributed by atoms with van der Waals surface area (Å²) in [5, 5.41) is 0. The Morgan fingerprint density at radius 1 is 1.60 bits per heavy atom. The van der Waals surface area contributed by atoms with Gasteiger partial charge in [0.25, 0.3) is 0 Å². The fraction of sp³-hybridized carbons (Fsp3) is 0.875. The van der Waals surface area contributed by atoms with Gasteiger partial charge in [0, 0.05) is 5.41 Å². The van der Waals surface area contributed by atoms with Crippen molar-refractivity contribution in [2.24, 2.45) is 11.1 Å². The Labute approximate surface area is 62.8 Å². The van der Waals surface area contributed by atoms with E-state index in [1.165, 1.54) is 0 Å². The number of rotatable bonds is 5. The molecule has 2 N–H and O–H groups in total. The van der Waals surface area contributed by atoms with Gasteiger partial charge in [-0.2, -0.15) is 0 Å². The topological polar surface area (TPSA) is 43.1 Å². The maximum atomic E-state index is 10.5. The van der Waals surface area contributed by atoms with Gasteiger partial charge in [-0.25, -0.2) is 0 Å². The van der Waals surface area contributed by atoms with Crippen LogP contribution in [-0.2, 0) is 4.79 Å². The summed E-state index contributed by atoms with van der Waals surface area (Å²) in [5.41, 5.74) is 5.20. The SMILES string of the molecule is CCC(C)(C=O)CCCN. The van der Waals surface area contributed by atoms with E-state index in [2.05, 4.69) is 0 Å². The van der Waals surface area contributed by atoms with Crippen LogP contribution in [-0.4, -0.2) is 12.8 Å². The third kappa shape index (κ3) is 2.97. The van der Waals surface area contributed by atoms with Crippen molar-refractivity contribution in [2.75, 3.05) is 6.54 Å². The van der Waals surface area contributed by atoms with Crippen LogP contribution in [0.5, 0.6) is 0 Å². The second-order valence-electron chi connectivity index (χ2n) is 3.02. The van der Waals surface area contributed by atoms with E-state index < -0.39 is 0 Å². The minimum Gasteiger partial charge on any atom is -0.330 e. The van der Waals surface area contributed by atoms with E-state index in [0.717, 1.165) is 25.5 Å². The molecule has 0 saturated heterocycles. The quantitative estimate of drug-likeness (QED) is 0.590. The number of carbonyl (C=O) groups excluding carboxylic acids is 1. The Balaban J connectivity index is 3.68. The average molecular weight is 143 g/mol. The lowest BCUT2D eigenvalue weighted by atomic mass is 9.84. The van der Waals surface area contributed by atoms with Crippen molar-refractivity contribution in [3.8, 4) is 0 Å². The Morgan fingerprint density at radius 3 is 2.50 bits per heavy atom. The Hall–Kier alpha value is -0.370. The van der Waals surface area contributed by atoms with E-state index >= 15 is 0 Å². The Kier molecular flexibility index (Phi) is 4.28. The molecule has 0 aliphatic rings. The molecule has 0 heterocycles. The standard InChI is InChI=1S/C8H17NO/c1-3-8(2,7-10)5-4-6-9/h7H,3-6,9H2,1-2H3. The lowest BCUT2D eigenvalue weighted by Gasteiger charge is -2.19. The highest BCUT2D eigenvalue weighted by Crippen LogP contribution is 2.23. The molecular formula is C8H17NO. The first-order valence-corrected chi connectivity index (χ1v) is 3.85. The lowest BCUT2D eigenvalue weighted by molar-refractivity contribution is -0.115. The lowest BCUT2D eigenvalue weighted by Crippen LogP contribution is -2.18. The summed E-state index contributed by atoms with van der Waals surface area (Å²) in [6.45, 7) is 4.70. The van der Waals surface area contributed by atoms with E-state index in [-0.39, 0.29) is 5.41 Å². The fourth-order valence-corrected chi connectivity index (χ4v) is 0.825. The largest absolute Gasteiger partial charge is 0.330 e. The van der Waals surface area contributed by atoms with Crippen molar-refractivity contribution in [3.05, 3.63) is 0 Å². The predicted molar refractivity (Wildman–Crippen MR) is 42.8 cm³/mol. The maximum Gasteiger partial charge on any atom is 0.125 e. The number of nitrogens with two attached hydrogens (primary N) is 1. The molecule has 1 unspecified atom stereocenters. The van der Waals surface area contributed by atoms with Crippen LogP contribution in [0.1, 0.15) is 33.1 Å². The van der Waals surface area contributed by atoms with Crippen LogP contribution >= 0.6 is 0 Å². The van der Waals surface area contributed by atoms with E-state index in [1.807, 2.05) is 13.8 Å². The molecule has 0 radical (unpaired) electrons. The molecule has 2 heteroatoms. The summed E-state index contributed by atoms with van der Waals surface area (Å²) in [7, 11) is 0. The number of hydrogen-bond donors (Lipinski definition) is 1. The van der Waals surface area contributed by atoms with Gasteiger partial charge in [0.05, 0.1) is 0 Å². The first-order valence-electron chi connectivity index (χ1n) is 3.85. The maximum absolute atomic E-state index is 10.5. The molecule has 1 atom stereocenters. The number of carbonyl (C=O) groups is 1. The molecular weight excluding hydrogens is 126 g/mol. The van der Waals surface area contributed by atoms with E-state index in [0.29, 0.717) is 6.54 Å². The van der Waals surface area contributed by atoms with E-state index in [1.54, 1.807) is 0 Å². The van der Waals surface area contributed by atoms with Gasteiger partial charge in [0.1, 0.15) is 6.29 Å². The molecule has 0 aromatic heterocycles. The summed E-state index contributed by atoms with van der Waals surface area (Å²) < 4.78 is 0. The van der Waals surface area contributed by atoms with Crippen LogP contribution in [0.25, 0.3) is 0 Å². The van der Waals surface area contributed by atoms with E-state index in [9.17, 15) is 4.79 Å². The third-order valence-electron chi connectivity index (χ3n) is 2.04. The van der Waals surface area contributed by atoms with Crippen LogP contribution < -0.4 is 5.73 Å². The molecule has 0 amide bonds. The molecule has 2 nitrogen and oxygen atoms in total. The van der Waals surface area contributed by atoms with Gasteiger partial charge >= 0.3 is 0 Å². The van der Waals surface area contributed by atoms with Crippen molar-refractivity contribution in [3.63, 3.8) is 0 Å². The van der Waals surface area contributed by atoms with Crippen LogP contribution in [0, 0.1) is 5.41 Å². The van der Waals surface area contributed by atoms with Gasteiger partial charge in [-0.3, -0.25) is 0 Å². The van der Waals surface area contributed by atoms with Crippen molar-refractivity contribution in [2.45, 2.75) is 33.1 Å². The molecule has 0 aromatic carbocycles. The van der Waals surface area contributed by atoms with Gasteiger partial charge in [0.2, 0.25) is 0 Å². The molecule has 0 saturated carbocycles. The zero-order chi connectivity index (χ0) is 8.04. The van der Waals surface area contributed by atoms with Crippen molar-refractivity contribution < 1.29 is 4.79 Å². The zero-order valence-corrected chi connectivity index (χ0v) is 6.89. The van der Waals surface area contributed by atoms with Crippen LogP contribution in [0.15, 0.2) is 0 Å². The minimum atomic E-state index is -0.126. The molecule has 0 aliphatic heterocycles. The summed E-state index contributed by atoms with van der Waals surface area (Å²) in [5.74, 6) is 0. The molecule has 0 aliphatic carbocycles. The molecule has 60 valence electrons. The monoisotopic (exact) mass is 143 g/mol. The molecule has 0 fully saturated rings. The molecule has 0 rings (SSSR count). The zero-order valence-electron chi connectivity index (χ0n) is 6.89. The first-order chi connectivity index (χ1) is 4.68. The Morgan fingerprint density at radius 2 is 2.20 bits per heavy atom. The highest BCUT2D eigenvalue weighted by Gasteiger charge is 2.19. The molecule has 0 bridgehead atoms. The summed E-state index contributed by atoms with van der Waals surface area (Å²) in [6.07, 6.45) is 3.83. The van der Waals surface area contributed by atoms with Crippen LogP contribution in [0.3, 0.4) is 0 Å². The average Bonchev–Trinajstić information content (AvgIpc) is 2.00. The molecule has 10 heavy (non-hydrogen) atoms. The predicted octanol–water partition coefficient (Wildman–Crippen LogP) is 1.34. The molecule has 0 spiro atoms. The summed E-state index contributed by atoms with van der Waals surface area (Å²) in [4.78, 5) is 10.5. The van der Waals surface area contributed by atoms with Gasteiger partial charge in [-0.15, -0.1) is 0 Å². The normalized spacial score (nSPS) is 16.3. The van der Waals surface area contributed by atoms with Crippen LogP contribution in [0.4, 0.5) is 0 Å². The molecule has 0 aromatic rings. The second kappa shape index (κ2) is 4.45. The highest BCUT2D eigenvalue weighted by atomic mass is 16.1. The third-order valence-corrected chi connectivity index (χ3v) is 2.04. The van der Waals surface area contributed by atoms with Gasteiger partial charge in [0.15, 0.2) is 0 Å². The minimum absolute atomic E-state index is 0.126. The van der Waals surface area contributed by atoms with Gasteiger partial charge in [-0.1, -0.05) is 13.8 Å².